The zero-order valence-electron chi connectivity index (χ0n) is 39.2. The van der Waals surface area contributed by atoms with Crippen molar-refractivity contribution in [3.8, 4) is 44.5 Å². The zero-order valence-corrected chi connectivity index (χ0v) is 39.2. The molecule has 1 aromatic heterocycles. The molecular weight excluding hydrogens is 835 g/mol. The molecule has 11 aromatic rings. The van der Waals surface area contributed by atoms with Crippen LogP contribution in [0.2, 0.25) is 0 Å². The summed E-state index contributed by atoms with van der Waals surface area (Å²) >= 11 is 0. The molecule has 0 amide bonds. The second-order valence-electron chi connectivity index (χ2n) is 20.4. The molecule has 10 aromatic carbocycles. The van der Waals surface area contributed by atoms with E-state index in [4.69, 9.17) is 4.42 Å². The van der Waals surface area contributed by atoms with Crippen molar-refractivity contribution in [2.24, 2.45) is 0 Å². The Kier molecular flexibility index (Phi) is 8.33. The lowest BCUT2D eigenvalue weighted by Crippen LogP contribution is -2.28. The third-order valence-corrected chi connectivity index (χ3v) is 16.2. The molecule has 3 aliphatic carbocycles. The number of hydrogen-bond donors (Lipinski definition) is 0. The number of fused-ring (bicyclic) bond motifs is 12. The topological polar surface area (TPSA) is 16.4 Å². The number of benzene rings is 10. The van der Waals surface area contributed by atoms with Gasteiger partial charge in [-0.25, -0.2) is 0 Å². The van der Waals surface area contributed by atoms with Crippen LogP contribution < -0.4 is 4.90 Å². The molecule has 1 heterocycles. The Labute approximate surface area is 403 Å². The molecule has 0 fully saturated rings. The highest BCUT2D eigenvalue weighted by Crippen LogP contribution is 2.61. The fourth-order valence-corrected chi connectivity index (χ4v) is 12.9. The van der Waals surface area contributed by atoms with Gasteiger partial charge in [-0.05, 0) is 114 Å². The fraction of sp³-hybridized carbons (Fsp3) is 0.104. The van der Waals surface area contributed by atoms with Crippen LogP contribution in [0, 0.1) is 0 Å². The Morgan fingerprint density at radius 2 is 0.841 bits per heavy atom. The van der Waals surface area contributed by atoms with Gasteiger partial charge in [0.15, 0.2) is 0 Å². The van der Waals surface area contributed by atoms with Gasteiger partial charge in [-0.1, -0.05) is 216 Å². The number of furan rings is 1. The summed E-state index contributed by atoms with van der Waals surface area (Å²) in [6.45, 7) is 9.53. The van der Waals surface area contributed by atoms with Gasteiger partial charge in [0, 0.05) is 44.1 Å². The van der Waals surface area contributed by atoms with E-state index in [-0.39, 0.29) is 10.8 Å². The molecule has 3 aliphatic rings. The third kappa shape index (κ3) is 5.43. The number of rotatable bonds is 6. The lowest BCUT2D eigenvalue weighted by atomic mass is 9.67. The first kappa shape index (κ1) is 39.9. The van der Waals surface area contributed by atoms with Gasteiger partial charge < -0.3 is 9.32 Å². The molecule has 0 saturated carbocycles. The van der Waals surface area contributed by atoms with Crippen molar-refractivity contribution < 1.29 is 4.42 Å². The van der Waals surface area contributed by atoms with Crippen LogP contribution in [0.25, 0.3) is 66.4 Å². The fourth-order valence-electron chi connectivity index (χ4n) is 12.9. The van der Waals surface area contributed by atoms with Gasteiger partial charge in [-0.2, -0.15) is 0 Å². The van der Waals surface area contributed by atoms with Gasteiger partial charge in [-0.15, -0.1) is 0 Å². The number of nitrogens with zero attached hydrogens (tertiary/aromatic N) is 1. The van der Waals surface area contributed by atoms with Crippen LogP contribution in [-0.2, 0) is 16.2 Å². The van der Waals surface area contributed by atoms with Gasteiger partial charge in [-0.3, -0.25) is 0 Å². The molecule has 0 bridgehead atoms. The van der Waals surface area contributed by atoms with E-state index in [9.17, 15) is 0 Å². The summed E-state index contributed by atoms with van der Waals surface area (Å²) < 4.78 is 6.56. The minimum Gasteiger partial charge on any atom is -0.455 e. The number of anilines is 3. The molecule has 328 valence electrons. The van der Waals surface area contributed by atoms with E-state index < -0.39 is 5.41 Å². The molecule has 1 unspecified atom stereocenters. The second kappa shape index (κ2) is 14.4. The summed E-state index contributed by atoms with van der Waals surface area (Å²) in [6.07, 6.45) is 0. The lowest BCUT2D eigenvalue weighted by Gasteiger charge is -2.35. The van der Waals surface area contributed by atoms with E-state index in [1.165, 1.54) is 77.9 Å². The molecule has 2 nitrogen and oxygen atoms in total. The molecule has 0 aliphatic heterocycles. The first-order valence-electron chi connectivity index (χ1n) is 24.3. The Morgan fingerprint density at radius 1 is 0.348 bits per heavy atom. The van der Waals surface area contributed by atoms with Gasteiger partial charge in [0.1, 0.15) is 11.2 Å². The minimum atomic E-state index is -0.609. The normalized spacial score (nSPS) is 16.4. The predicted molar refractivity (Wildman–Crippen MR) is 286 cm³/mol. The number of para-hydroxylation sites is 2. The summed E-state index contributed by atoms with van der Waals surface area (Å²) in [4.78, 5) is 2.56. The molecule has 69 heavy (non-hydrogen) atoms. The van der Waals surface area contributed by atoms with Crippen molar-refractivity contribution in [1.82, 2.24) is 0 Å². The van der Waals surface area contributed by atoms with Gasteiger partial charge >= 0.3 is 0 Å². The molecule has 2 heteroatoms. The van der Waals surface area contributed by atoms with Crippen LogP contribution in [0.3, 0.4) is 0 Å². The first-order valence-corrected chi connectivity index (χ1v) is 24.3. The largest absolute Gasteiger partial charge is 0.455 e. The van der Waals surface area contributed by atoms with Crippen molar-refractivity contribution in [1.29, 1.82) is 0 Å². The average Bonchev–Trinajstić information content (AvgIpc) is 4.07. The van der Waals surface area contributed by atoms with Crippen LogP contribution in [0.1, 0.15) is 72.2 Å². The van der Waals surface area contributed by atoms with Crippen LogP contribution in [-0.4, -0.2) is 0 Å². The van der Waals surface area contributed by atoms with Gasteiger partial charge in [0.25, 0.3) is 0 Å². The van der Waals surface area contributed by atoms with E-state index in [0.29, 0.717) is 0 Å². The zero-order chi connectivity index (χ0) is 46.2. The highest BCUT2D eigenvalue weighted by atomic mass is 16.3. The monoisotopic (exact) mass is 883 g/mol. The van der Waals surface area contributed by atoms with E-state index in [0.717, 1.165) is 50.1 Å². The summed E-state index contributed by atoms with van der Waals surface area (Å²) in [5.41, 5.74) is 24.8. The Morgan fingerprint density at radius 3 is 1.51 bits per heavy atom. The molecule has 0 N–H and O–H groups in total. The van der Waals surface area contributed by atoms with Crippen LogP contribution in [0.4, 0.5) is 17.1 Å². The van der Waals surface area contributed by atoms with Crippen molar-refractivity contribution >= 4 is 39.0 Å². The summed E-state index contributed by atoms with van der Waals surface area (Å²) in [6, 6.07) is 83.8. The van der Waals surface area contributed by atoms with Crippen molar-refractivity contribution in [2.75, 3.05) is 4.90 Å². The first-order chi connectivity index (χ1) is 33.7. The predicted octanol–water partition coefficient (Wildman–Crippen LogP) is 17.7. The maximum atomic E-state index is 6.56. The lowest BCUT2D eigenvalue weighted by molar-refractivity contribution is 0.660. The Balaban J connectivity index is 1.01. The molecule has 0 spiro atoms. The van der Waals surface area contributed by atoms with Gasteiger partial charge in [0.2, 0.25) is 0 Å². The average molecular weight is 884 g/mol. The quantitative estimate of drug-likeness (QED) is 0.165. The van der Waals surface area contributed by atoms with Crippen LogP contribution in [0.15, 0.2) is 229 Å². The van der Waals surface area contributed by atoms with Crippen LogP contribution in [0.5, 0.6) is 0 Å². The van der Waals surface area contributed by atoms with Gasteiger partial charge in [0.05, 0.1) is 11.1 Å². The smallest absolute Gasteiger partial charge is 0.143 e. The highest BCUT2D eigenvalue weighted by molar-refractivity contribution is 6.09. The molecule has 0 saturated heterocycles. The van der Waals surface area contributed by atoms with E-state index in [1.807, 2.05) is 6.07 Å². The van der Waals surface area contributed by atoms with E-state index in [2.05, 4.69) is 251 Å². The minimum absolute atomic E-state index is 0.162. The highest BCUT2D eigenvalue weighted by Gasteiger charge is 2.48. The Hall–Kier alpha value is -8.20. The third-order valence-electron chi connectivity index (χ3n) is 16.2. The summed E-state index contributed by atoms with van der Waals surface area (Å²) in [5.74, 6) is 0. The maximum absolute atomic E-state index is 6.56. The SMILES string of the molecule is CC1(C)c2ccccc2-c2ccc(N(c3ccc4c(c3)C(C)(C)c3ccccc3-4)c3cccc4c3-c3ccccc3C4(c3ccccc3)c3ccc(-c4cccc5c4oc4ccccc45)cc3)cc21. The van der Waals surface area contributed by atoms with E-state index in [1.54, 1.807) is 0 Å². The second-order valence-corrected chi connectivity index (χ2v) is 20.4. The Bertz CT molecular complexity index is 3800. The molecular formula is C67H49NO. The van der Waals surface area contributed by atoms with Crippen molar-refractivity contribution in [3.63, 3.8) is 0 Å². The molecule has 14 rings (SSSR count). The molecule has 0 radical (unpaired) electrons. The standard InChI is InChI=1S/C67H49NO/c1-65(2)55-26-12-8-20-48(55)50-38-36-45(40-59(50)65)68(46-37-39-51-49-21-9-13-27-56(49)66(3,4)60(51)41-46)61-30-17-29-58-63(61)54-23-10-14-28-57(54)67(58,43-18-6-5-7-19-43)44-34-32-42(33-35-44)47-24-16-25-53-52-22-11-15-31-62(52)69-64(47)53/h5-41H,1-4H3. The number of hydrogen-bond acceptors (Lipinski definition) is 2. The van der Waals surface area contributed by atoms with Crippen molar-refractivity contribution in [2.45, 2.75) is 43.9 Å². The van der Waals surface area contributed by atoms with E-state index >= 15 is 0 Å². The van der Waals surface area contributed by atoms with Crippen molar-refractivity contribution in [3.05, 3.63) is 269 Å². The summed E-state index contributed by atoms with van der Waals surface area (Å²) in [5, 5.41) is 2.28. The van der Waals surface area contributed by atoms with Crippen LogP contribution >= 0.6 is 0 Å². The molecule has 1 atom stereocenters. The summed E-state index contributed by atoms with van der Waals surface area (Å²) in [7, 11) is 0. The maximum Gasteiger partial charge on any atom is 0.143 e.